The van der Waals surface area contributed by atoms with E-state index in [0.717, 1.165) is 37.3 Å². The van der Waals surface area contributed by atoms with Gasteiger partial charge in [-0.05, 0) is 44.4 Å². The average molecular weight is 371 g/mol. The highest BCUT2D eigenvalue weighted by atomic mass is 16.2. The van der Waals surface area contributed by atoms with Crippen LogP contribution in [0.3, 0.4) is 0 Å². The van der Waals surface area contributed by atoms with Gasteiger partial charge in [0.05, 0.1) is 11.4 Å². The summed E-state index contributed by atoms with van der Waals surface area (Å²) in [5, 5.41) is 11.1. The Kier molecular flexibility index (Phi) is 7.85. The van der Waals surface area contributed by atoms with E-state index in [1.165, 1.54) is 5.56 Å². The summed E-state index contributed by atoms with van der Waals surface area (Å²) in [6, 6.07) is 10.1. The van der Waals surface area contributed by atoms with E-state index in [1.54, 1.807) is 19.0 Å². The molecule has 2 N–H and O–H groups in total. The number of aryl methyl sites for hydroxylation is 2. The lowest BCUT2D eigenvalue weighted by atomic mass is 10.1. The summed E-state index contributed by atoms with van der Waals surface area (Å²) in [4.78, 5) is 17.5. The molecule has 2 aromatic rings. The first kappa shape index (κ1) is 20.5. The number of likely N-dealkylation sites (N-methyl/N-ethyl adjacent to an activating group) is 1. The molecule has 0 spiro atoms. The van der Waals surface area contributed by atoms with Crippen molar-refractivity contribution in [2.24, 2.45) is 4.99 Å². The molecule has 0 saturated heterocycles. The minimum Gasteiger partial charge on any atom is -0.357 e. The van der Waals surface area contributed by atoms with Gasteiger partial charge in [-0.1, -0.05) is 18.2 Å². The second-order valence-electron chi connectivity index (χ2n) is 6.53. The van der Waals surface area contributed by atoms with Gasteiger partial charge < -0.3 is 15.5 Å². The van der Waals surface area contributed by atoms with Gasteiger partial charge in [0.2, 0.25) is 5.91 Å². The summed E-state index contributed by atoms with van der Waals surface area (Å²) in [6.07, 6.45) is 3.98. The normalized spacial score (nSPS) is 11.3. The van der Waals surface area contributed by atoms with Crippen LogP contribution in [0, 0.1) is 6.92 Å². The topological polar surface area (TPSA) is 74.6 Å². The number of benzene rings is 1. The fraction of sp³-hybridized carbons (Fsp3) is 0.450. The Hall–Kier alpha value is -2.83. The molecule has 0 atom stereocenters. The number of nitrogens with zero attached hydrogens (tertiary/aromatic N) is 4. The molecule has 1 heterocycles. The van der Waals surface area contributed by atoms with Crippen LogP contribution in [0.1, 0.15) is 24.6 Å². The maximum atomic E-state index is 11.7. The molecular formula is C20H30N6O. The van der Waals surface area contributed by atoms with Crippen molar-refractivity contribution in [1.29, 1.82) is 0 Å². The molecule has 0 unspecified atom stereocenters. The van der Waals surface area contributed by atoms with Gasteiger partial charge in [0.15, 0.2) is 5.96 Å². The van der Waals surface area contributed by atoms with Crippen LogP contribution >= 0.6 is 0 Å². The smallest absolute Gasteiger partial charge is 0.243 e. The molecule has 0 bridgehead atoms. The molecule has 146 valence electrons. The number of carbonyl (C=O) groups excluding carboxylic acids is 1. The molecular weight excluding hydrogens is 340 g/mol. The van der Waals surface area contributed by atoms with Crippen LogP contribution in [0.2, 0.25) is 0 Å². The summed E-state index contributed by atoms with van der Waals surface area (Å²) in [5.74, 6) is 0.653. The lowest BCUT2D eigenvalue weighted by Crippen LogP contribution is -2.39. The molecule has 0 aliphatic heterocycles. The molecule has 0 radical (unpaired) electrons. The maximum absolute atomic E-state index is 11.7. The van der Waals surface area contributed by atoms with E-state index < -0.39 is 0 Å². The van der Waals surface area contributed by atoms with Crippen LogP contribution in [0.5, 0.6) is 0 Å². The lowest BCUT2D eigenvalue weighted by molar-refractivity contribution is -0.127. The third-order valence-electron chi connectivity index (χ3n) is 4.15. The van der Waals surface area contributed by atoms with Crippen LogP contribution in [0.4, 0.5) is 0 Å². The van der Waals surface area contributed by atoms with Crippen molar-refractivity contribution >= 4 is 11.9 Å². The zero-order valence-electron chi connectivity index (χ0n) is 16.7. The van der Waals surface area contributed by atoms with E-state index in [0.29, 0.717) is 5.96 Å². The zero-order chi connectivity index (χ0) is 19.6. The fourth-order valence-corrected chi connectivity index (χ4v) is 2.57. The van der Waals surface area contributed by atoms with Crippen molar-refractivity contribution in [3.63, 3.8) is 0 Å². The highest BCUT2D eigenvalue weighted by molar-refractivity contribution is 5.84. The first-order valence-electron chi connectivity index (χ1n) is 9.34. The first-order chi connectivity index (χ1) is 13.0. The van der Waals surface area contributed by atoms with Gasteiger partial charge in [0.25, 0.3) is 0 Å². The Morgan fingerprint density at radius 3 is 2.63 bits per heavy atom. The van der Waals surface area contributed by atoms with Crippen LogP contribution in [0.15, 0.2) is 41.5 Å². The number of nitrogens with one attached hydrogen (secondary N) is 2. The molecule has 1 amide bonds. The van der Waals surface area contributed by atoms with Gasteiger partial charge in [-0.25, -0.2) is 9.67 Å². The standard InChI is InChI=1S/C20H30N6O/c1-5-21-20(23-14-19(27)25(3)4)22-13-9-10-17-15-26(24-16(17)2)18-11-7-6-8-12-18/h6-8,11-12,15H,5,9-10,13-14H2,1-4H3,(H2,21,22,23). The van der Waals surface area contributed by atoms with E-state index in [2.05, 4.69) is 26.9 Å². The second kappa shape index (κ2) is 10.4. The Morgan fingerprint density at radius 2 is 1.96 bits per heavy atom. The molecule has 0 fully saturated rings. The summed E-state index contributed by atoms with van der Waals surface area (Å²) in [6.45, 7) is 5.72. The van der Waals surface area contributed by atoms with Gasteiger partial charge in [0.1, 0.15) is 6.54 Å². The highest BCUT2D eigenvalue weighted by Gasteiger charge is 2.07. The summed E-state index contributed by atoms with van der Waals surface area (Å²) in [5.41, 5.74) is 3.36. The largest absolute Gasteiger partial charge is 0.357 e. The predicted molar refractivity (Wildman–Crippen MR) is 109 cm³/mol. The molecule has 27 heavy (non-hydrogen) atoms. The molecule has 1 aromatic carbocycles. The Labute approximate surface area is 161 Å². The average Bonchev–Trinajstić information content (AvgIpc) is 3.04. The fourth-order valence-electron chi connectivity index (χ4n) is 2.57. The number of guanidine groups is 1. The van der Waals surface area contributed by atoms with E-state index in [-0.39, 0.29) is 12.5 Å². The Morgan fingerprint density at radius 1 is 1.22 bits per heavy atom. The van der Waals surface area contributed by atoms with Crippen molar-refractivity contribution in [3.8, 4) is 5.69 Å². The Bertz CT molecular complexity index is 751. The molecule has 0 aliphatic carbocycles. The monoisotopic (exact) mass is 370 g/mol. The van der Waals surface area contributed by atoms with Crippen molar-refractivity contribution in [3.05, 3.63) is 47.8 Å². The maximum Gasteiger partial charge on any atom is 0.243 e. The molecule has 0 saturated carbocycles. The molecule has 0 aliphatic rings. The van der Waals surface area contributed by atoms with E-state index >= 15 is 0 Å². The number of carbonyl (C=O) groups is 1. The van der Waals surface area contributed by atoms with Gasteiger partial charge >= 0.3 is 0 Å². The lowest BCUT2D eigenvalue weighted by Gasteiger charge is -2.12. The molecule has 1 aromatic heterocycles. The van der Waals surface area contributed by atoms with Crippen LogP contribution in [0.25, 0.3) is 5.69 Å². The second-order valence-corrected chi connectivity index (χ2v) is 6.53. The van der Waals surface area contributed by atoms with Crippen molar-refractivity contribution in [2.45, 2.75) is 26.7 Å². The van der Waals surface area contributed by atoms with Crippen LogP contribution in [-0.4, -0.2) is 60.3 Å². The molecule has 7 heteroatoms. The summed E-state index contributed by atoms with van der Waals surface area (Å²) in [7, 11) is 3.46. The van der Waals surface area contributed by atoms with Gasteiger partial charge in [-0.15, -0.1) is 0 Å². The Balaban J connectivity index is 1.85. The minimum absolute atomic E-state index is 0.0175. The number of hydrogen-bond acceptors (Lipinski definition) is 3. The summed E-state index contributed by atoms with van der Waals surface area (Å²) < 4.78 is 1.93. The van der Waals surface area contributed by atoms with Gasteiger partial charge in [0, 0.05) is 33.4 Å². The summed E-state index contributed by atoms with van der Waals surface area (Å²) >= 11 is 0. The van der Waals surface area contributed by atoms with E-state index in [4.69, 9.17) is 0 Å². The predicted octanol–water partition coefficient (Wildman–Crippen LogP) is 1.76. The van der Waals surface area contributed by atoms with Crippen molar-refractivity contribution in [2.75, 3.05) is 33.7 Å². The quantitative estimate of drug-likeness (QED) is 0.422. The van der Waals surface area contributed by atoms with Crippen LogP contribution in [-0.2, 0) is 11.2 Å². The SMILES string of the molecule is CCNC(=NCC(=O)N(C)C)NCCCc1cn(-c2ccccc2)nc1C. The van der Waals surface area contributed by atoms with Crippen molar-refractivity contribution < 1.29 is 4.79 Å². The zero-order valence-corrected chi connectivity index (χ0v) is 16.7. The van der Waals surface area contributed by atoms with Crippen molar-refractivity contribution in [1.82, 2.24) is 25.3 Å². The number of aromatic nitrogens is 2. The molecule has 7 nitrogen and oxygen atoms in total. The van der Waals surface area contributed by atoms with Gasteiger partial charge in [-0.3, -0.25) is 4.79 Å². The first-order valence-corrected chi connectivity index (χ1v) is 9.34. The number of hydrogen-bond donors (Lipinski definition) is 2. The van der Waals surface area contributed by atoms with Gasteiger partial charge in [-0.2, -0.15) is 5.10 Å². The number of rotatable bonds is 8. The highest BCUT2D eigenvalue weighted by Crippen LogP contribution is 2.13. The van der Waals surface area contributed by atoms with Crippen LogP contribution < -0.4 is 10.6 Å². The number of amides is 1. The minimum atomic E-state index is -0.0175. The number of aliphatic imine (C=N–C) groups is 1. The van der Waals surface area contributed by atoms with E-state index in [1.807, 2.05) is 48.9 Å². The number of para-hydroxylation sites is 1. The third kappa shape index (κ3) is 6.44. The molecule has 2 rings (SSSR count). The van der Waals surface area contributed by atoms with E-state index in [9.17, 15) is 4.79 Å². The third-order valence-corrected chi connectivity index (χ3v) is 4.15.